The molecule has 3 aromatic rings. The smallest absolute Gasteiger partial charge is 0.307 e. The summed E-state index contributed by atoms with van der Waals surface area (Å²) in [6, 6.07) is 15.1. The molecule has 1 atom stereocenters. The molecule has 0 bridgehead atoms. The predicted molar refractivity (Wildman–Crippen MR) is 108 cm³/mol. The molecule has 1 heterocycles. The Morgan fingerprint density at radius 2 is 1.90 bits per heavy atom. The maximum atomic E-state index is 12.3. The quantitative estimate of drug-likeness (QED) is 0.613. The van der Waals surface area contributed by atoms with Crippen LogP contribution in [-0.2, 0) is 20.7 Å². The van der Waals surface area contributed by atoms with Gasteiger partial charge in [0.05, 0.1) is 6.42 Å². The third-order valence-corrected chi connectivity index (χ3v) is 4.36. The molecule has 0 radical (unpaired) electrons. The number of ether oxygens (including phenoxy) is 1. The first-order valence-electron chi connectivity index (χ1n) is 9.38. The van der Waals surface area contributed by atoms with Crippen molar-refractivity contribution in [3.63, 3.8) is 0 Å². The minimum atomic E-state index is -0.911. The van der Waals surface area contributed by atoms with E-state index in [1.807, 2.05) is 62.4 Å². The number of carbonyl (C=O) groups is 2. The van der Waals surface area contributed by atoms with E-state index in [9.17, 15) is 9.59 Å². The first kappa shape index (κ1) is 20.3. The molecule has 150 valence electrons. The standard InChI is InChI=1S/C22H23N3O4/c1-14-9-10-18(15(2)13-14)23-22(27)16(3)28-20(26)12-11-19-24-21(25-29-19)17-7-5-4-6-8-17/h4-10,13,16H,11-12H2,1-3H3,(H,23,27). The van der Waals surface area contributed by atoms with E-state index >= 15 is 0 Å². The minimum Gasteiger partial charge on any atom is -0.453 e. The first-order valence-corrected chi connectivity index (χ1v) is 9.38. The number of aryl methyl sites for hydroxylation is 3. The van der Waals surface area contributed by atoms with Crippen LogP contribution in [0.5, 0.6) is 0 Å². The van der Waals surface area contributed by atoms with Gasteiger partial charge in [0.1, 0.15) is 0 Å². The van der Waals surface area contributed by atoms with Crippen LogP contribution in [0.3, 0.4) is 0 Å². The van der Waals surface area contributed by atoms with Crippen molar-refractivity contribution in [2.45, 2.75) is 39.7 Å². The number of carbonyl (C=O) groups excluding carboxylic acids is 2. The highest BCUT2D eigenvalue weighted by molar-refractivity contribution is 5.95. The number of nitrogens with zero attached hydrogens (tertiary/aromatic N) is 2. The van der Waals surface area contributed by atoms with Gasteiger partial charge in [0.15, 0.2) is 6.10 Å². The topological polar surface area (TPSA) is 94.3 Å². The average molecular weight is 393 g/mol. The Labute approximate surface area is 169 Å². The number of hydrogen-bond donors (Lipinski definition) is 1. The zero-order chi connectivity index (χ0) is 20.8. The lowest BCUT2D eigenvalue weighted by Gasteiger charge is -2.14. The lowest BCUT2D eigenvalue weighted by atomic mass is 10.1. The molecule has 29 heavy (non-hydrogen) atoms. The Bertz CT molecular complexity index is 998. The largest absolute Gasteiger partial charge is 0.453 e. The molecule has 7 nitrogen and oxygen atoms in total. The molecule has 0 aliphatic rings. The molecule has 0 saturated heterocycles. The molecule has 1 unspecified atom stereocenters. The van der Waals surface area contributed by atoms with E-state index in [0.29, 0.717) is 17.4 Å². The molecule has 7 heteroatoms. The van der Waals surface area contributed by atoms with E-state index < -0.39 is 12.1 Å². The molecule has 0 spiro atoms. The maximum absolute atomic E-state index is 12.3. The summed E-state index contributed by atoms with van der Waals surface area (Å²) in [4.78, 5) is 28.6. The lowest BCUT2D eigenvalue weighted by Crippen LogP contribution is -2.30. The van der Waals surface area contributed by atoms with E-state index in [-0.39, 0.29) is 18.7 Å². The third kappa shape index (κ3) is 5.51. The molecule has 1 amide bonds. The minimum absolute atomic E-state index is 0.0393. The molecule has 3 rings (SSSR count). The number of benzene rings is 2. The van der Waals surface area contributed by atoms with Crippen molar-refractivity contribution >= 4 is 17.6 Å². The van der Waals surface area contributed by atoms with Crippen molar-refractivity contribution in [3.8, 4) is 11.4 Å². The molecular weight excluding hydrogens is 370 g/mol. The van der Waals surface area contributed by atoms with Crippen LogP contribution in [0.1, 0.15) is 30.4 Å². The Kier molecular flexibility index (Phi) is 6.39. The second-order valence-electron chi connectivity index (χ2n) is 6.82. The fourth-order valence-electron chi connectivity index (χ4n) is 2.77. The van der Waals surface area contributed by atoms with Gasteiger partial charge >= 0.3 is 5.97 Å². The highest BCUT2D eigenvalue weighted by Crippen LogP contribution is 2.17. The van der Waals surface area contributed by atoms with Gasteiger partial charge in [0, 0.05) is 17.7 Å². The van der Waals surface area contributed by atoms with Crippen molar-refractivity contribution in [3.05, 3.63) is 65.5 Å². The van der Waals surface area contributed by atoms with Crippen molar-refractivity contribution in [1.82, 2.24) is 10.1 Å². The molecule has 1 N–H and O–H groups in total. The number of rotatable bonds is 7. The molecule has 0 fully saturated rings. The van der Waals surface area contributed by atoms with E-state index in [4.69, 9.17) is 9.26 Å². The Morgan fingerprint density at radius 1 is 1.14 bits per heavy atom. The fourth-order valence-corrected chi connectivity index (χ4v) is 2.77. The monoisotopic (exact) mass is 393 g/mol. The van der Waals surface area contributed by atoms with Crippen LogP contribution in [0.4, 0.5) is 5.69 Å². The fraction of sp³-hybridized carbons (Fsp3) is 0.273. The Morgan fingerprint density at radius 3 is 2.62 bits per heavy atom. The number of anilines is 1. The van der Waals surface area contributed by atoms with Gasteiger partial charge in [-0.3, -0.25) is 9.59 Å². The molecule has 0 aliphatic carbocycles. The van der Waals surface area contributed by atoms with Gasteiger partial charge in [-0.25, -0.2) is 0 Å². The Hall–Kier alpha value is -3.48. The zero-order valence-electron chi connectivity index (χ0n) is 16.6. The number of amides is 1. The molecule has 1 aromatic heterocycles. The van der Waals surface area contributed by atoms with E-state index in [1.54, 1.807) is 0 Å². The van der Waals surface area contributed by atoms with Gasteiger partial charge in [0.2, 0.25) is 11.7 Å². The second-order valence-corrected chi connectivity index (χ2v) is 6.82. The van der Waals surface area contributed by atoms with Crippen molar-refractivity contribution in [1.29, 1.82) is 0 Å². The maximum Gasteiger partial charge on any atom is 0.307 e. The van der Waals surface area contributed by atoms with Gasteiger partial charge < -0.3 is 14.6 Å². The van der Waals surface area contributed by atoms with Crippen LogP contribution < -0.4 is 5.32 Å². The first-order chi connectivity index (χ1) is 13.9. The summed E-state index contributed by atoms with van der Waals surface area (Å²) in [5.74, 6) is -0.0782. The van der Waals surface area contributed by atoms with Gasteiger partial charge in [-0.1, -0.05) is 53.2 Å². The Balaban J connectivity index is 1.49. The van der Waals surface area contributed by atoms with Crippen molar-refractivity contribution in [2.75, 3.05) is 5.32 Å². The second kappa shape index (κ2) is 9.14. The molecule has 2 aromatic carbocycles. The zero-order valence-corrected chi connectivity index (χ0v) is 16.6. The summed E-state index contributed by atoms with van der Waals surface area (Å²) >= 11 is 0. The van der Waals surface area contributed by atoms with Crippen molar-refractivity contribution < 1.29 is 18.8 Å². The SMILES string of the molecule is Cc1ccc(NC(=O)C(C)OC(=O)CCc2nc(-c3ccccc3)no2)c(C)c1. The summed E-state index contributed by atoms with van der Waals surface area (Å²) in [5, 5.41) is 6.69. The van der Waals surface area contributed by atoms with Crippen LogP contribution in [0.25, 0.3) is 11.4 Å². The van der Waals surface area contributed by atoms with Gasteiger partial charge in [-0.15, -0.1) is 0 Å². The van der Waals surface area contributed by atoms with E-state index in [2.05, 4.69) is 15.5 Å². The number of esters is 1. The summed E-state index contributed by atoms with van der Waals surface area (Å²) in [5.41, 5.74) is 3.59. The van der Waals surface area contributed by atoms with E-state index in [0.717, 1.165) is 16.7 Å². The van der Waals surface area contributed by atoms with Crippen LogP contribution in [0.2, 0.25) is 0 Å². The summed E-state index contributed by atoms with van der Waals surface area (Å²) in [6.07, 6.45) is -0.632. The number of nitrogens with one attached hydrogen (secondary N) is 1. The average Bonchev–Trinajstić information content (AvgIpc) is 3.18. The van der Waals surface area contributed by atoms with Gasteiger partial charge in [-0.2, -0.15) is 4.98 Å². The lowest BCUT2D eigenvalue weighted by molar-refractivity contribution is -0.153. The summed E-state index contributed by atoms with van der Waals surface area (Å²) in [6.45, 7) is 5.43. The highest BCUT2D eigenvalue weighted by Gasteiger charge is 2.19. The predicted octanol–water partition coefficient (Wildman–Crippen LogP) is 3.86. The molecular formula is C22H23N3O4. The van der Waals surface area contributed by atoms with E-state index in [1.165, 1.54) is 6.92 Å². The summed E-state index contributed by atoms with van der Waals surface area (Å²) < 4.78 is 10.4. The van der Waals surface area contributed by atoms with Gasteiger partial charge in [-0.05, 0) is 32.4 Å². The van der Waals surface area contributed by atoms with Crippen LogP contribution >= 0.6 is 0 Å². The summed E-state index contributed by atoms with van der Waals surface area (Å²) in [7, 11) is 0. The van der Waals surface area contributed by atoms with Crippen LogP contribution in [0, 0.1) is 13.8 Å². The third-order valence-electron chi connectivity index (χ3n) is 4.36. The highest BCUT2D eigenvalue weighted by atomic mass is 16.5. The van der Waals surface area contributed by atoms with Gasteiger partial charge in [0.25, 0.3) is 5.91 Å². The molecule has 0 aliphatic heterocycles. The normalized spacial score (nSPS) is 11.7. The van der Waals surface area contributed by atoms with Crippen LogP contribution in [-0.4, -0.2) is 28.1 Å². The number of hydrogen-bond acceptors (Lipinski definition) is 6. The molecule has 0 saturated carbocycles. The van der Waals surface area contributed by atoms with Crippen molar-refractivity contribution in [2.24, 2.45) is 0 Å². The van der Waals surface area contributed by atoms with Crippen LogP contribution in [0.15, 0.2) is 53.1 Å². The number of aromatic nitrogens is 2.